The highest BCUT2D eigenvalue weighted by atomic mass is 16.5. The summed E-state index contributed by atoms with van der Waals surface area (Å²) < 4.78 is 10.5. The van der Waals surface area contributed by atoms with Gasteiger partial charge in [0.1, 0.15) is 5.75 Å². The number of ether oxygens (including phenoxy) is 2. The zero-order valence-electron chi connectivity index (χ0n) is 8.56. The van der Waals surface area contributed by atoms with Crippen molar-refractivity contribution in [1.82, 2.24) is 0 Å². The topological polar surface area (TPSA) is 38.7 Å². The van der Waals surface area contributed by atoms with E-state index in [1.165, 1.54) is 0 Å². The molecule has 3 heteroatoms. The first-order chi connectivity index (χ1) is 6.77. The van der Waals surface area contributed by atoms with Gasteiger partial charge in [-0.2, -0.15) is 0 Å². The SMILES string of the molecule is COc1cccc(C(C)OCCO)c1. The number of benzene rings is 1. The van der Waals surface area contributed by atoms with E-state index in [0.717, 1.165) is 11.3 Å². The molecular formula is C11H16O3. The van der Waals surface area contributed by atoms with Crippen LogP contribution in [0.4, 0.5) is 0 Å². The van der Waals surface area contributed by atoms with Gasteiger partial charge < -0.3 is 14.6 Å². The van der Waals surface area contributed by atoms with Gasteiger partial charge in [0, 0.05) is 0 Å². The smallest absolute Gasteiger partial charge is 0.119 e. The van der Waals surface area contributed by atoms with Crippen LogP contribution in [0.5, 0.6) is 5.75 Å². The quantitative estimate of drug-likeness (QED) is 0.780. The first-order valence-corrected chi connectivity index (χ1v) is 4.64. The fraction of sp³-hybridized carbons (Fsp3) is 0.455. The predicted molar refractivity (Wildman–Crippen MR) is 54.4 cm³/mol. The average Bonchev–Trinajstić information content (AvgIpc) is 2.26. The maximum absolute atomic E-state index is 8.61. The van der Waals surface area contributed by atoms with Crippen LogP contribution in [0.2, 0.25) is 0 Å². The Kier molecular flexibility index (Phi) is 4.43. The second kappa shape index (κ2) is 5.62. The Labute approximate surface area is 84.3 Å². The van der Waals surface area contributed by atoms with Gasteiger partial charge in [0.15, 0.2) is 0 Å². The molecule has 0 aliphatic carbocycles. The Morgan fingerprint density at radius 2 is 2.21 bits per heavy atom. The van der Waals surface area contributed by atoms with Crippen molar-refractivity contribution in [3.63, 3.8) is 0 Å². The van der Waals surface area contributed by atoms with Crippen molar-refractivity contribution < 1.29 is 14.6 Å². The zero-order chi connectivity index (χ0) is 10.4. The van der Waals surface area contributed by atoms with E-state index in [2.05, 4.69) is 0 Å². The third-order valence-electron chi connectivity index (χ3n) is 2.02. The second-order valence-electron chi connectivity index (χ2n) is 3.01. The summed E-state index contributed by atoms with van der Waals surface area (Å²) in [7, 11) is 1.64. The minimum Gasteiger partial charge on any atom is -0.497 e. The number of methoxy groups -OCH3 is 1. The molecule has 0 fully saturated rings. The number of aliphatic hydroxyl groups is 1. The molecule has 78 valence electrons. The number of hydrogen-bond acceptors (Lipinski definition) is 3. The molecule has 0 amide bonds. The lowest BCUT2D eigenvalue weighted by atomic mass is 10.1. The van der Waals surface area contributed by atoms with Crippen molar-refractivity contribution in [1.29, 1.82) is 0 Å². The van der Waals surface area contributed by atoms with Crippen molar-refractivity contribution in [2.45, 2.75) is 13.0 Å². The van der Waals surface area contributed by atoms with Crippen LogP contribution >= 0.6 is 0 Å². The largest absolute Gasteiger partial charge is 0.497 e. The van der Waals surface area contributed by atoms with E-state index in [-0.39, 0.29) is 12.7 Å². The normalized spacial score (nSPS) is 12.5. The fourth-order valence-corrected chi connectivity index (χ4v) is 1.22. The lowest BCUT2D eigenvalue weighted by Gasteiger charge is -2.13. The summed E-state index contributed by atoms with van der Waals surface area (Å²) in [5, 5.41) is 8.61. The van der Waals surface area contributed by atoms with E-state index in [0.29, 0.717) is 6.61 Å². The summed E-state index contributed by atoms with van der Waals surface area (Å²) in [4.78, 5) is 0. The number of aliphatic hydroxyl groups excluding tert-OH is 1. The summed E-state index contributed by atoms with van der Waals surface area (Å²) in [6, 6.07) is 7.72. The highest BCUT2D eigenvalue weighted by Crippen LogP contribution is 2.21. The molecule has 0 radical (unpaired) electrons. The Hall–Kier alpha value is -1.06. The predicted octanol–water partition coefficient (Wildman–Crippen LogP) is 1.77. The van der Waals surface area contributed by atoms with Crippen molar-refractivity contribution in [3.05, 3.63) is 29.8 Å². The van der Waals surface area contributed by atoms with Gasteiger partial charge in [-0.15, -0.1) is 0 Å². The standard InChI is InChI=1S/C11H16O3/c1-9(14-7-6-12)10-4-3-5-11(8-10)13-2/h3-5,8-9,12H,6-7H2,1-2H3. The summed E-state index contributed by atoms with van der Waals surface area (Å²) in [5.41, 5.74) is 1.05. The molecular weight excluding hydrogens is 180 g/mol. The Morgan fingerprint density at radius 1 is 1.43 bits per heavy atom. The summed E-state index contributed by atoms with van der Waals surface area (Å²) in [6.07, 6.45) is -0.0164. The van der Waals surface area contributed by atoms with Gasteiger partial charge in [-0.1, -0.05) is 12.1 Å². The fourth-order valence-electron chi connectivity index (χ4n) is 1.22. The summed E-state index contributed by atoms with van der Waals surface area (Å²) in [6.45, 7) is 2.36. The van der Waals surface area contributed by atoms with Crippen LogP contribution in [0.25, 0.3) is 0 Å². The van der Waals surface area contributed by atoms with Crippen molar-refractivity contribution in [2.75, 3.05) is 20.3 Å². The monoisotopic (exact) mass is 196 g/mol. The van der Waals surface area contributed by atoms with E-state index in [1.807, 2.05) is 31.2 Å². The van der Waals surface area contributed by atoms with Gasteiger partial charge in [0.2, 0.25) is 0 Å². The average molecular weight is 196 g/mol. The Morgan fingerprint density at radius 3 is 2.86 bits per heavy atom. The van der Waals surface area contributed by atoms with Crippen LogP contribution in [-0.4, -0.2) is 25.4 Å². The van der Waals surface area contributed by atoms with E-state index in [9.17, 15) is 0 Å². The first-order valence-electron chi connectivity index (χ1n) is 4.64. The number of hydrogen-bond donors (Lipinski definition) is 1. The van der Waals surface area contributed by atoms with Crippen LogP contribution in [0.15, 0.2) is 24.3 Å². The van der Waals surface area contributed by atoms with Crippen molar-refractivity contribution >= 4 is 0 Å². The third-order valence-corrected chi connectivity index (χ3v) is 2.02. The number of rotatable bonds is 5. The molecule has 0 spiro atoms. The molecule has 0 saturated heterocycles. The summed E-state index contributed by atoms with van der Waals surface area (Å²) in [5.74, 6) is 0.821. The molecule has 0 aliphatic heterocycles. The first kappa shape index (κ1) is 11.0. The second-order valence-corrected chi connectivity index (χ2v) is 3.01. The zero-order valence-corrected chi connectivity index (χ0v) is 8.56. The molecule has 14 heavy (non-hydrogen) atoms. The van der Waals surface area contributed by atoms with E-state index in [4.69, 9.17) is 14.6 Å². The van der Waals surface area contributed by atoms with Crippen LogP contribution in [0, 0.1) is 0 Å². The third kappa shape index (κ3) is 3.01. The van der Waals surface area contributed by atoms with Gasteiger partial charge in [0.25, 0.3) is 0 Å². The van der Waals surface area contributed by atoms with Crippen LogP contribution in [-0.2, 0) is 4.74 Å². The highest BCUT2D eigenvalue weighted by molar-refractivity contribution is 5.29. The van der Waals surface area contributed by atoms with Gasteiger partial charge in [-0.25, -0.2) is 0 Å². The molecule has 1 N–H and O–H groups in total. The molecule has 0 heterocycles. The molecule has 0 saturated carbocycles. The van der Waals surface area contributed by atoms with Crippen LogP contribution in [0.3, 0.4) is 0 Å². The lowest BCUT2D eigenvalue weighted by molar-refractivity contribution is 0.0384. The van der Waals surface area contributed by atoms with Gasteiger partial charge >= 0.3 is 0 Å². The van der Waals surface area contributed by atoms with Crippen molar-refractivity contribution in [3.8, 4) is 5.75 Å². The maximum atomic E-state index is 8.61. The molecule has 1 unspecified atom stereocenters. The minimum atomic E-state index is -0.0164. The van der Waals surface area contributed by atoms with E-state index < -0.39 is 0 Å². The van der Waals surface area contributed by atoms with Crippen LogP contribution < -0.4 is 4.74 Å². The van der Waals surface area contributed by atoms with Gasteiger partial charge in [-0.05, 0) is 24.6 Å². The van der Waals surface area contributed by atoms with E-state index in [1.54, 1.807) is 7.11 Å². The molecule has 1 atom stereocenters. The molecule has 3 nitrogen and oxygen atoms in total. The van der Waals surface area contributed by atoms with Crippen molar-refractivity contribution in [2.24, 2.45) is 0 Å². The molecule has 1 rings (SSSR count). The van der Waals surface area contributed by atoms with Gasteiger partial charge in [-0.3, -0.25) is 0 Å². The molecule has 1 aromatic rings. The molecule has 1 aromatic carbocycles. The molecule has 0 bridgehead atoms. The van der Waals surface area contributed by atoms with Gasteiger partial charge in [0.05, 0.1) is 26.4 Å². The lowest BCUT2D eigenvalue weighted by Crippen LogP contribution is -2.04. The van der Waals surface area contributed by atoms with E-state index >= 15 is 0 Å². The summed E-state index contributed by atoms with van der Waals surface area (Å²) >= 11 is 0. The Bertz CT molecular complexity index is 273. The van der Waals surface area contributed by atoms with Crippen LogP contribution in [0.1, 0.15) is 18.6 Å². The Balaban J connectivity index is 2.64. The minimum absolute atomic E-state index is 0.0164. The maximum Gasteiger partial charge on any atom is 0.119 e. The highest BCUT2D eigenvalue weighted by Gasteiger charge is 2.05. The molecule has 0 aliphatic rings. The molecule has 0 aromatic heterocycles.